The van der Waals surface area contributed by atoms with Gasteiger partial charge in [0.2, 0.25) is 0 Å². The van der Waals surface area contributed by atoms with Gasteiger partial charge in [0.1, 0.15) is 5.82 Å². The van der Waals surface area contributed by atoms with Crippen molar-refractivity contribution >= 4 is 11.5 Å². The highest BCUT2D eigenvalue weighted by Gasteiger charge is 1.98. The Morgan fingerprint density at radius 2 is 2.25 bits per heavy atom. The molecule has 0 aliphatic heterocycles. The lowest BCUT2D eigenvalue weighted by Gasteiger charge is -2.05. The zero-order valence-corrected chi connectivity index (χ0v) is 9.44. The van der Waals surface area contributed by atoms with Gasteiger partial charge in [0.05, 0.1) is 12.2 Å². The molecule has 0 bridgehead atoms. The maximum atomic E-state index is 4.29. The zero-order valence-electron chi connectivity index (χ0n) is 9.44. The molecule has 0 aliphatic carbocycles. The predicted octanol–water partition coefficient (Wildman–Crippen LogP) is 1.47. The van der Waals surface area contributed by atoms with Crippen molar-refractivity contribution in [2.75, 3.05) is 17.7 Å². The average Bonchev–Trinajstić information content (AvgIpc) is 2.73. The molecular formula is C11H15N5. The molecule has 0 amide bonds. The lowest BCUT2D eigenvalue weighted by Crippen LogP contribution is -2.02. The summed E-state index contributed by atoms with van der Waals surface area (Å²) >= 11 is 0. The molecule has 2 aromatic heterocycles. The zero-order chi connectivity index (χ0) is 11.4. The van der Waals surface area contributed by atoms with Crippen LogP contribution in [0.4, 0.5) is 11.5 Å². The summed E-state index contributed by atoms with van der Waals surface area (Å²) < 4.78 is 1.79. The molecule has 0 saturated carbocycles. The van der Waals surface area contributed by atoms with E-state index in [4.69, 9.17) is 0 Å². The Kier molecular flexibility index (Phi) is 3.05. The molecule has 0 unspecified atom stereocenters. The number of pyridine rings is 1. The van der Waals surface area contributed by atoms with Crippen molar-refractivity contribution in [3.8, 4) is 0 Å². The van der Waals surface area contributed by atoms with E-state index in [1.165, 1.54) is 0 Å². The molecule has 2 N–H and O–H groups in total. The standard InChI is InChI=1S/C11H15N5/c1-12-11-7-9(3-5-13-11)14-8-10-4-6-16(2)15-10/h3-7H,8H2,1-2H3,(H2,12,13,14). The Morgan fingerprint density at radius 3 is 2.94 bits per heavy atom. The largest absolute Gasteiger partial charge is 0.379 e. The van der Waals surface area contributed by atoms with Gasteiger partial charge in [0, 0.05) is 38.2 Å². The van der Waals surface area contributed by atoms with Crippen molar-refractivity contribution in [3.63, 3.8) is 0 Å². The lowest BCUT2D eigenvalue weighted by molar-refractivity contribution is 0.747. The molecule has 2 aromatic rings. The van der Waals surface area contributed by atoms with E-state index in [2.05, 4.69) is 20.7 Å². The van der Waals surface area contributed by atoms with Crippen LogP contribution in [0, 0.1) is 0 Å². The predicted molar refractivity (Wildman–Crippen MR) is 64.3 cm³/mol. The quantitative estimate of drug-likeness (QED) is 0.814. The fourth-order valence-corrected chi connectivity index (χ4v) is 1.43. The number of aryl methyl sites for hydroxylation is 1. The second kappa shape index (κ2) is 4.65. The van der Waals surface area contributed by atoms with Crippen molar-refractivity contribution in [1.82, 2.24) is 14.8 Å². The summed E-state index contributed by atoms with van der Waals surface area (Å²) in [6, 6.07) is 5.89. The monoisotopic (exact) mass is 217 g/mol. The van der Waals surface area contributed by atoms with Crippen LogP contribution in [0.3, 0.4) is 0 Å². The average molecular weight is 217 g/mol. The van der Waals surface area contributed by atoms with E-state index in [1.807, 2.05) is 38.5 Å². The van der Waals surface area contributed by atoms with Gasteiger partial charge >= 0.3 is 0 Å². The van der Waals surface area contributed by atoms with Crippen LogP contribution in [-0.2, 0) is 13.6 Å². The lowest BCUT2D eigenvalue weighted by atomic mass is 10.3. The first kappa shape index (κ1) is 10.5. The van der Waals surface area contributed by atoms with Crippen molar-refractivity contribution in [2.45, 2.75) is 6.54 Å². The van der Waals surface area contributed by atoms with E-state index in [0.29, 0.717) is 6.54 Å². The third-order valence-corrected chi connectivity index (χ3v) is 2.26. The van der Waals surface area contributed by atoms with Gasteiger partial charge in [-0.1, -0.05) is 0 Å². The smallest absolute Gasteiger partial charge is 0.127 e. The summed E-state index contributed by atoms with van der Waals surface area (Å²) in [7, 11) is 3.76. The van der Waals surface area contributed by atoms with E-state index >= 15 is 0 Å². The summed E-state index contributed by atoms with van der Waals surface area (Å²) in [6.07, 6.45) is 3.70. The number of hydrogen-bond donors (Lipinski definition) is 2. The molecule has 0 aliphatic rings. The van der Waals surface area contributed by atoms with Crippen LogP contribution in [0.1, 0.15) is 5.69 Å². The van der Waals surface area contributed by atoms with Crippen LogP contribution >= 0.6 is 0 Å². The Balaban J connectivity index is 1.99. The molecule has 2 heterocycles. The number of anilines is 2. The summed E-state index contributed by atoms with van der Waals surface area (Å²) in [5, 5.41) is 10.6. The summed E-state index contributed by atoms with van der Waals surface area (Å²) in [5.74, 6) is 0.853. The van der Waals surface area contributed by atoms with Crippen LogP contribution in [0.25, 0.3) is 0 Å². The van der Waals surface area contributed by atoms with E-state index < -0.39 is 0 Å². The first-order valence-electron chi connectivity index (χ1n) is 5.14. The van der Waals surface area contributed by atoms with Gasteiger partial charge in [-0.05, 0) is 12.1 Å². The fourth-order valence-electron chi connectivity index (χ4n) is 1.43. The molecule has 16 heavy (non-hydrogen) atoms. The molecule has 5 heteroatoms. The molecule has 0 atom stereocenters. The number of nitrogens with zero attached hydrogens (tertiary/aromatic N) is 3. The molecule has 0 radical (unpaired) electrons. The SMILES string of the molecule is CNc1cc(NCc2ccn(C)n2)ccn1. The van der Waals surface area contributed by atoms with Crippen molar-refractivity contribution in [2.24, 2.45) is 7.05 Å². The summed E-state index contributed by atoms with van der Waals surface area (Å²) in [6.45, 7) is 0.716. The van der Waals surface area contributed by atoms with Gasteiger partial charge in [-0.25, -0.2) is 4.98 Å². The van der Waals surface area contributed by atoms with Crippen molar-refractivity contribution in [1.29, 1.82) is 0 Å². The molecule has 84 valence electrons. The van der Waals surface area contributed by atoms with Gasteiger partial charge in [0.25, 0.3) is 0 Å². The Hall–Kier alpha value is -2.04. The first-order valence-corrected chi connectivity index (χ1v) is 5.14. The second-order valence-electron chi connectivity index (χ2n) is 3.51. The van der Waals surface area contributed by atoms with Crippen LogP contribution in [-0.4, -0.2) is 21.8 Å². The molecule has 0 fully saturated rings. The molecule has 0 saturated heterocycles. The van der Waals surface area contributed by atoms with Gasteiger partial charge in [-0.15, -0.1) is 0 Å². The molecule has 2 rings (SSSR count). The maximum absolute atomic E-state index is 4.29. The number of hydrogen-bond acceptors (Lipinski definition) is 4. The Bertz CT molecular complexity index is 463. The van der Waals surface area contributed by atoms with E-state index in [-0.39, 0.29) is 0 Å². The van der Waals surface area contributed by atoms with Gasteiger partial charge < -0.3 is 10.6 Å². The molecule has 0 spiro atoms. The Labute approximate surface area is 94.5 Å². The van der Waals surface area contributed by atoms with Crippen LogP contribution in [0.5, 0.6) is 0 Å². The third-order valence-electron chi connectivity index (χ3n) is 2.26. The van der Waals surface area contributed by atoms with E-state index in [9.17, 15) is 0 Å². The van der Waals surface area contributed by atoms with Gasteiger partial charge in [0.15, 0.2) is 0 Å². The van der Waals surface area contributed by atoms with Crippen molar-refractivity contribution in [3.05, 3.63) is 36.3 Å². The highest BCUT2D eigenvalue weighted by atomic mass is 15.3. The highest BCUT2D eigenvalue weighted by Crippen LogP contribution is 2.12. The topological polar surface area (TPSA) is 54.8 Å². The maximum Gasteiger partial charge on any atom is 0.127 e. The molecule has 0 aromatic carbocycles. The second-order valence-corrected chi connectivity index (χ2v) is 3.51. The van der Waals surface area contributed by atoms with Gasteiger partial charge in [-0.2, -0.15) is 5.10 Å². The van der Waals surface area contributed by atoms with Crippen LogP contribution in [0.15, 0.2) is 30.6 Å². The fraction of sp³-hybridized carbons (Fsp3) is 0.273. The van der Waals surface area contributed by atoms with E-state index in [1.54, 1.807) is 10.9 Å². The Morgan fingerprint density at radius 1 is 1.38 bits per heavy atom. The minimum Gasteiger partial charge on any atom is -0.379 e. The number of rotatable bonds is 4. The number of nitrogens with one attached hydrogen (secondary N) is 2. The number of aromatic nitrogens is 3. The first-order chi connectivity index (χ1) is 7.78. The molecular weight excluding hydrogens is 202 g/mol. The summed E-state index contributed by atoms with van der Waals surface area (Å²) in [4.78, 5) is 4.15. The van der Waals surface area contributed by atoms with Crippen LogP contribution < -0.4 is 10.6 Å². The minimum atomic E-state index is 0.716. The molecule has 5 nitrogen and oxygen atoms in total. The third kappa shape index (κ3) is 2.50. The van der Waals surface area contributed by atoms with Crippen LogP contribution in [0.2, 0.25) is 0 Å². The van der Waals surface area contributed by atoms with Crippen molar-refractivity contribution < 1.29 is 0 Å². The summed E-state index contributed by atoms with van der Waals surface area (Å²) in [5.41, 5.74) is 2.05. The van der Waals surface area contributed by atoms with E-state index in [0.717, 1.165) is 17.2 Å². The van der Waals surface area contributed by atoms with Gasteiger partial charge in [-0.3, -0.25) is 4.68 Å². The minimum absolute atomic E-state index is 0.716. The highest BCUT2D eigenvalue weighted by molar-refractivity contribution is 5.51. The normalized spacial score (nSPS) is 10.1.